The number of para-hydroxylation sites is 2. The molecule has 6 heteroatoms. The van der Waals surface area contributed by atoms with Crippen LogP contribution in [0.4, 0.5) is 17.3 Å². The summed E-state index contributed by atoms with van der Waals surface area (Å²) in [5.41, 5.74) is 3.19. The Kier molecular flexibility index (Phi) is 4.85. The molecule has 2 N–H and O–H groups in total. The molecule has 0 fully saturated rings. The normalized spacial score (nSPS) is 14.8. The van der Waals surface area contributed by atoms with Crippen LogP contribution < -0.4 is 15.5 Å². The van der Waals surface area contributed by atoms with Crippen molar-refractivity contribution in [3.63, 3.8) is 0 Å². The van der Waals surface area contributed by atoms with E-state index in [1.807, 2.05) is 24.3 Å². The third-order valence-electron chi connectivity index (χ3n) is 3.96. The molecule has 0 bridgehead atoms. The second-order valence-corrected chi connectivity index (χ2v) is 6.26. The lowest BCUT2D eigenvalue weighted by molar-refractivity contribution is 0.684. The smallest absolute Gasteiger partial charge is 0.223 e. The molecule has 0 atom stereocenters. The van der Waals surface area contributed by atoms with Crippen molar-refractivity contribution >= 4 is 22.9 Å². The molecule has 0 aliphatic carbocycles. The van der Waals surface area contributed by atoms with Crippen molar-refractivity contribution in [3.8, 4) is 6.07 Å². The fraction of sp³-hybridized carbons (Fsp3) is 0.316. The standard InChI is InChI=1S/C19H22N6/c1-4-25-17-8-6-5-7-16(17)23-18(25)14(11-20)15-9-10-21-19(24-15)22-12-13(2)3/h5-10,13,23H,4,12H2,1-3H3,(H,21,22,24)/b18-14+. The number of nitrogens with one attached hydrogen (secondary N) is 2. The predicted molar refractivity (Wildman–Crippen MR) is 101 cm³/mol. The lowest BCUT2D eigenvalue weighted by Crippen LogP contribution is -2.22. The summed E-state index contributed by atoms with van der Waals surface area (Å²) in [6, 6.07) is 12.1. The molecule has 6 nitrogen and oxygen atoms in total. The van der Waals surface area contributed by atoms with Gasteiger partial charge in [0.1, 0.15) is 17.5 Å². The number of nitrogens with zero attached hydrogens (tertiary/aromatic N) is 4. The molecule has 3 rings (SSSR count). The Morgan fingerprint density at radius 2 is 2.12 bits per heavy atom. The van der Waals surface area contributed by atoms with Gasteiger partial charge in [0.25, 0.3) is 0 Å². The summed E-state index contributed by atoms with van der Waals surface area (Å²) in [5, 5.41) is 16.4. The molecule has 128 valence electrons. The first kappa shape index (κ1) is 16.8. The quantitative estimate of drug-likeness (QED) is 0.812. The first-order valence-electron chi connectivity index (χ1n) is 8.49. The average molecular weight is 334 g/mol. The van der Waals surface area contributed by atoms with E-state index in [9.17, 15) is 5.26 Å². The van der Waals surface area contributed by atoms with Gasteiger partial charge in [-0.15, -0.1) is 0 Å². The molecule has 0 radical (unpaired) electrons. The highest BCUT2D eigenvalue weighted by Crippen LogP contribution is 2.38. The van der Waals surface area contributed by atoms with Crippen molar-refractivity contribution in [2.75, 3.05) is 28.6 Å². The minimum absolute atomic E-state index is 0.489. The van der Waals surface area contributed by atoms with Crippen LogP contribution >= 0.6 is 0 Å². The second kappa shape index (κ2) is 7.22. The molecule has 0 saturated heterocycles. The third kappa shape index (κ3) is 3.41. The van der Waals surface area contributed by atoms with E-state index < -0.39 is 0 Å². The molecule has 25 heavy (non-hydrogen) atoms. The second-order valence-electron chi connectivity index (χ2n) is 6.26. The van der Waals surface area contributed by atoms with E-state index in [0.29, 0.717) is 23.1 Å². The van der Waals surface area contributed by atoms with E-state index in [0.717, 1.165) is 30.3 Å². The van der Waals surface area contributed by atoms with E-state index >= 15 is 0 Å². The molecule has 1 aromatic heterocycles. The molecule has 1 aromatic carbocycles. The van der Waals surface area contributed by atoms with E-state index in [1.54, 1.807) is 12.3 Å². The average Bonchev–Trinajstić information content (AvgIpc) is 2.99. The zero-order valence-corrected chi connectivity index (χ0v) is 14.7. The zero-order chi connectivity index (χ0) is 17.8. The van der Waals surface area contributed by atoms with Gasteiger partial charge in [0, 0.05) is 19.3 Å². The first-order chi connectivity index (χ1) is 12.1. The molecule has 0 spiro atoms. The van der Waals surface area contributed by atoms with Gasteiger partial charge in [-0.05, 0) is 31.0 Å². The highest BCUT2D eigenvalue weighted by atomic mass is 15.3. The lowest BCUT2D eigenvalue weighted by atomic mass is 10.2. The molecular formula is C19H22N6. The third-order valence-corrected chi connectivity index (χ3v) is 3.96. The fourth-order valence-corrected chi connectivity index (χ4v) is 2.77. The Labute approximate surface area is 148 Å². The maximum Gasteiger partial charge on any atom is 0.223 e. The van der Waals surface area contributed by atoms with Crippen LogP contribution in [0.2, 0.25) is 0 Å². The number of allylic oxidation sites excluding steroid dienone is 1. The summed E-state index contributed by atoms with van der Waals surface area (Å²) in [7, 11) is 0. The molecule has 0 amide bonds. The Hall–Kier alpha value is -3.07. The molecule has 0 unspecified atom stereocenters. The van der Waals surface area contributed by atoms with Crippen LogP contribution in [0.25, 0.3) is 5.57 Å². The maximum absolute atomic E-state index is 9.79. The predicted octanol–water partition coefficient (Wildman–Crippen LogP) is 3.69. The van der Waals surface area contributed by atoms with Gasteiger partial charge in [-0.3, -0.25) is 0 Å². The fourth-order valence-electron chi connectivity index (χ4n) is 2.77. The van der Waals surface area contributed by atoms with E-state index in [-0.39, 0.29) is 0 Å². The monoisotopic (exact) mass is 334 g/mol. The van der Waals surface area contributed by atoms with E-state index in [2.05, 4.69) is 52.3 Å². The van der Waals surface area contributed by atoms with Gasteiger partial charge in [-0.2, -0.15) is 5.26 Å². The van der Waals surface area contributed by atoms with Crippen LogP contribution in [0, 0.1) is 17.2 Å². The van der Waals surface area contributed by atoms with Crippen molar-refractivity contribution in [1.29, 1.82) is 5.26 Å². The van der Waals surface area contributed by atoms with Crippen molar-refractivity contribution < 1.29 is 0 Å². The van der Waals surface area contributed by atoms with Gasteiger partial charge >= 0.3 is 0 Å². The van der Waals surface area contributed by atoms with Crippen molar-refractivity contribution in [3.05, 3.63) is 48.0 Å². The van der Waals surface area contributed by atoms with E-state index in [4.69, 9.17) is 0 Å². The van der Waals surface area contributed by atoms with Crippen LogP contribution in [0.1, 0.15) is 26.5 Å². The minimum Gasteiger partial charge on any atom is -0.354 e. The van der Waals surface area contributed by atoms with Gasteiger partial charge in [0.2, 0.25) is 5.95 Å². The maximum atomic E-state index is 9.79. The van der Waals surface area contributed by atoms with Gasteiger partial charge in [0.05, 0.1) is 17.1 Å². The highest BCUT2D eigenvalue weighted by molar-refractivity contribution is 5.90. The van der Waals surface area contributed by atoms with Gasteiger partial charge < -0.3 is 15.5 Å². The molecule has 1 aliphatic rings. The zero-order valence-electron chi connectivity index (χ0n) is 14.7. The number of aromatic nitrogens is 2. The van der Waals surface area contributed by atoms with Crippen molar-refractivity contribution in [2.24, 2.45) is 5.92 Å². The van der Waals surface area contributed by atoms with Crippen LogP contribution in [-0.4, -0.2) is 23.1 Å². The van der Waals surface area contributed by atoms with Crippen LogP contribution in [-0.2, 0) is 0 Å². The highest BCUT2D eigenvalue weighted by Gasteiger charge is 2.26. The van der Waals surface area contributed by atoms with Crippen LogP contribution in [0.15, 0.2) is 42.3 Å². The molecule has 2 heterocycles. The summed E-state index contributed by atoms with van der Waals surface area (Å²) in [6.07, 6.45) is 1.68. The number of fused-ring (bicyclic) bond motifs is 1. The lowest BCUT2D eigenvalue weighted by Gasteiger charge is -2.19. The Balaban J connectivity index is 1.99. The van der Waals surface area contributed by atoms with Gasteiger partial charge in [0.15, 0.2) is 0 Å². The Morgan fingerprint density at radius 1 is 1.32 bits per heavy atom. The topological polar surface area (TPSA) is 76.9 Å². The Bertz CT molecular complexity index is 834. The summed E-state index contributed by atoms with van der Waals surface area (Å²) >= 11 is 0. The summed E-state index contributed by atoms with van der Waals surface area (Å²) in [5.74, 6) is 1.79. The number of hydrogen-bond acceptors (Lipinski definition) is 6. The van der Waals surface area contributed by atoms with E-state index in [1.165, 1.54) is 0 Å². The SMILES string of the molecule is CCN1/C(=C(\C#N)c2ccnc(NCC(C)C)n2)Nc2ccccc21. The number of benzene rings is 1. The summed E-state index contributed by atoms with van der Waals surface area (Å²) in [6.45, 7) is 7.85. The molecular weight excluding hydrogens is 312 g/mol. The molecule has 2 aromatic rings. The summed E-state index contributed by atoms with van der Waals surface area (Å²) < 4.78 is 0. The first-order valence-corrected chi connectivity index (χ1v) is 8.49. The Morgan fingerprint density at radius 3 is 2.84 bits per heavy atom. The minimum atomic E-state index is 0.489. The number of hydrogen-bond donors (Lipinski definition) is 2. The van der Waals surface area contributed by atoms with Gasteiger partial charge in [-0.1, -0.05) is 26.0 Å². The van der Waals surface area contributed by atoms with Crippen LogP contribution in [0.3, 0.4) is 0 Å². The number of rotatable bonds is 5. The number of nitriles is 1. The number of anilines is 3. The molecule has 0 saturated carbocycles. The summed E-state index contributed by atoms with van der Waals surface area (Å²) in [4.78, 5) is 10.9. The van der Waals surface area contributed by atoms with Gasteiger partial charge in [-0.25, -0.2) is 9.97 Å². The van der Waals surface area contributed by atoms with Crippen LogP contribution in [0.5, 0.6) is 0 Å². The van der Waals surface area contributed by atoms with Crippen molar-refractivity contribution in [2.45, 2.75) is 20.8 Å². The van der Waals surface area contributed by atoms with Crippen molar-refractivity contribution in [1.82, 2.24) is 9.97 Å². The largest absolute Gasteiger partial charge is 0.354 e. The molecule has 1 aliphatic heterocycles.